The quantitative estimate of drug-likeness (QED) is 0.625. The van der Waals surface area contributed by atoms with E-state index in [-0.39, 0.29) is 5.78 Å². The summed E-state index contributed by atoms with van der Waals surface area (Å²) >= 11 is 5.80. The maximum atomic E-state index is 12.3. The molecule has 0 fully saturated rings. The molecular weight excluding hydrogens is 304 g/mol. The van der Waals surface area contributed by atoms with Crippen LogP contribution in [0.4, 0.5) is 0 Å². The average Bonchev–Trinajstić information content (AvgIpc) is 2.54. The normalized spacial score (nSPS) is 11.6. The van der Waals surface area contributed by atoms with Gasteiger partial charge in [-0.05, 0) is 55.5 Å². The van der Waals surface area contributed by atoms with Gasteiger partial charge in [0.05, 0.1) is 7.11 Å². The standard InChI is InChI=1S/C17H15ClO4/c1-11(17(20)21-2)22-15-9-5-13(6-10-15)16(19)12-3-7-14(18)8-4-12/h3-11H,1-2H3/t11-/m1/s1. The first kappa shape index (κ1) is 16.0. The predicted molar refractivity (Wildman–Crippen MR) is 83.4 cm³/mol. The van der Waals surface area contributed by atoms with Crippen molar-refractivity contribution in [1.29, 1.82) is 0 Å². The number of carbonyl (C=O) groups is 2. The van der Waals surface area contributed by atoms with Crippen molar-refractivity contribution >= 4 is 23.4 Å². The zero-order valence-electron chi connectivity index (χ0n) is 12.2. The molecule has 0 amide bonds. The van der Waals surface area contributed by atoms with E-state index in [0.29, 0.717) is 21.9 Å². The van der Waals surface area contributed by atoms with Crippen LogP contribution in [-0.4, -0.2) is 25.0 Å². The van der Waals surface area contributed by atoms with Crippen LogP contribution in [0.1, 0.15) is 22.8 Å². The molecular formula is C17H15ClO4. The Bertz CT molecular complexity index is 662. The van der Waals surface area contributed by atoms with Crippen LogP contribution in [0.2, 0.25) is 5.02 Å². The number of hydrogen-bond donors (Lipinski definition) is 0. The van der Waals surface area contributed by atoms with Crippen LogP contribution in [0, 0.1) is 0 Å². The van der Waals surface area contributed by atoms with Crippen LogP contribution < -0.4 is 4.74 Å². The fourth-order valence-corrected chi connectivity index (χ4v) is 2.00. The Balaban J connectivity index is 2.10. The van der Waals surface area contributed by atoms with Gasteiger partial charge < -0.3 is 9.47 Å². The Morgan fingerprint density at radius 2 is 1.45 bits per heavy atom. The van der Waals surface area contributed by atoms with E-state index in [0.717, 1.165) is 0 Å². The highest BCUT2D eigenvalue weighted by Crippen LogP contribution is 2.18. The zero-order valence-corrected chi connectivity index (χ0v) is 13.0. The largest absolute Gasteiger partial charge is 0.479 e. The molecule has 0 aliphatic heterocycles. The average molecular weight is 319 g/mol. The molecule has 2 aromatic carbocycles. The minimum absolute atomic E-state index is 0.107. The molecule has 1 atom stereocenters. The number of hydrogen-bond acceptors (Lipinski definition) is 4. The summed E-state index contributed by atoms with van der Waals surface area (Å²) in [7, 11) is 1.30. The van der Waals surface area contributed by atoms with E-state index in [9.17, 15) is 9.59 Å². The summed E-state index contributed by atoms with van der Waals surface area (Å²) in [5.74, 6) is -0.0730. The Morgan fingerprint density at radius 3 is 1.95 bits per heavy atom. The van der Waals surface area contributed by atoms with Gasteiger partial charge in [-0.25, -0.2) is 4.79 Å². The van der Waals surface area contributed by atoms with Crippen LogP contribution in [0.15, 0.2) is 48.5 Å². The number of halogens is 1. The lowest BCUT2D eigenvalue weighted by Crippen LogP contribution is -2.24. The van der Waals surface area contributed by atoms with Crippen molar-refractivity contribution in [2.45, 2.75) is 13.0 Å². The fraction of sp³-hybridized carbons (Fsp3) is 0.176. The lowest BCUT2D eigenvalue weighted by molar-refractivity contribution is -0.147. The third-order valence-corrected chi connectivity index (χ3v) is 3.32. The lowest BCUT2D eigenvalue weighted by Gasteiger charge is -2.12. The molecule has 0 saturated heterocycles. The maximum Gasteiger partial charge on any atom is 0.346 e. The third kappa shape index (κ3) is 3.86. The highest BCUT2D eigenvalue weighted by molar-refractivity contribution is 6.30. The van der Waals surface area contributed by atoms with Gasteiger partial charge in [0, 0.05) is 16.1 Å². The second-order valence-electron chi connectivity index (χ2n) is 4.64. The molecule has 0 unspecified atom stereocenters. The third-order valence-electron chi connectivity index (χ3n) is 3.07. The molecule has 0 aromatic heterocycles. The van der Waals surface area contributed by atoms with Crippen LogP contribution in [0.5, 0.6) is 5.75 Å². The molecule has 0 radical (unpaired) electrons. The van der Waals surface area contributed by atoms with Gasteiger partial charge in [0.25, 0.3) is 0 Å². The van der Waals surface area contributed by atoms with Gasteiger partial charge >= 0.3 is 5.97 Å². The number of carbonyl (C=O) groups excluding carboxylic acids is 2. The number of ether oxygens (including phenoxy) is 2. The predicted octanol–water partition coefficient (Wildman–Crippen LogP) is 3.51. The number of benzene rings is 2. The second kappa shape index (κ2) is 7.09. The second-order valence-corrected chi connectivity index (χ2v) is 5.08. The lowest BCUT2D eigenvalue weighted by atomic mass is 10.0. The van der Waals surface area contributed by atoms with Crippen LogP contribution in [0.25, 0.3) is 0 Å². The summed E-state index contributed by atoms with van der Waals surface area (Å²) < 4.78 is 10.0. The molecule has 0 spiro atoms. The molecule has 2 rings (SSSR count). The molecule has 114 valence electrons. The molecule has 22 heavy (non-hydrogen) atoms. The smallest absolute Gasteiger partial charge is 0.346 e. The van der Waals surface area contributed by atoms with E-state index < -0.39 is 12.1 Å². The van der Waals surface area contributed by atoms with Crippen LogP contribution in [0.3, 0.4) is 0 Å². The SMILES string of the molecule is COC(=O)[C@@H](C)Oc1ccc(C(=O)c2ccc(Cl)cc2)cc1. The Morgan fingerprint density at radius 1 is 0.955 bits per heavy atom. The number of ketones is 1. The van der Waals surface area contributed by atoms with Crippen molar-refractivity contribution in [2.24, 2.45) is 0 Å². The maximum absolute atomic E-state index is 12.3. The summed E-state index contributed by atoms with van der Waals surface area (Å²) in [6, 6.07) is 13.3. The van der Waals surface area contributed by atoms with E-state index >= 15 is 0 Å². The molecule has 5 heteroatoms. The summed E-state index contributed by atoms with van der Waals surface area (Å²) in [5, 5.41) is 0.581. The Kier molecular flexibility index (Phi) is 5.17. The van der Waals surface area contributed by atoms with Crippen molar-refractivity contribution < 1.29 is 19.1 Å². The first-order valence-electron chi connectivity index (χ1n) is 6.66. The van der Waals surface area contributed by atoms with Gasteiger partial charge in [-0.2, -0.15) is 0 Å². The summed E-state index contributed by atoms with van der Waals surface area (Å²) in [6.45, 7) is 1.60. The van der Waals surface area contributed by atoms with Crippen molar-refractivity contribution in [3.05, 3.63) is 64.7 Å². The van der Waals surface area contributed by atoms with Crippen LogP contribution >= 0.6 is 11.6 Å². The number of rotatable bonds is 5. The topological polar surface area (TPSA) is 52.6 Å². The van der Waals surface area contributed by atoms with Crippen molar-refractivity contribution in [1.82, 2.24) is 0 Å². The van der Waals surface area contributed by atoms with Crippen molar-refractivity contribution in [2.75, 3.05) is 7.11 Å². The molecule has 0 aliphatic rings. The fourth-order valence-electron chi connectivity index (χ4n) is 1.87. The summed E-state index contributed by atoms with van der Waals surface area (Å²) in [6.07, 6.45) is -0.706. The monoisotopic (exact) mass is 318 g/mol. The first-order chi connectivity index (χ1) is 10.5. The minimum atomic E-state index is -0.706. The van der Waals surface area contributed by atoms with Gasteiger partial charge in [-0.3, -0.25) is 4.79 Å². The van der Waals surface area contributed by atoms with Gasteiger partial charge in [0.15, 0.2) is 11.9 Å². The molecule has 4 nitrogen and oxygen atoms in total. The molecule has 0 aliphatic carbocycles. The zero-order chi connectivity index (χ0) is 16.1. The van der Waals surface area contributed by atoms with Gasteiger partial charge in [0.2, 0.25) is 0 Å². The Labute approximate surface area is 133 Å². The molecule has 0 bridgehead atoms. The van der Waals surface area contributed by atoms with E-state index in [4.69, 9.17) is 16.3 Å². The Hall–Kier alpha value is -2.33. The minimum Gasteiger partial charge on any atom is -0.479 e. The van der Waals surface area contributed by atoms with Crippen molar-refractivity contribution in [3.8, 4) is 5.75 Å². The number of esters is 1. The van der Waals surface area contributed by atoms with Crippen molar-refractivity contribution in [3.63, 3.8) is 0 Å². The molecule has 0 saturated carbocycles. The van der Waals surface area contributed by atoms with E-state index in [1.54, 1.807) is 55.5 Å². The summed E-state index contributed by atoms with van der Waals surface area (Å²) in [5.41, 5.74) is 1.08. The van der Waals surface area contributed by atoms with Gasteiger partial charge in [-0.15, -0.1) is 0 Å². The molecule has 2 aromatic rings. The number of methoxy groups -OCH3 is 1. The van der Waals surface area contributed by atoms with E-state index in [2.05, 4.69) is 4.74 Å². The highest BCUT2D eigenvalue weighted by Gasteiger charge is 2.15. The van der Waals surface area contributed by atoms with Gasteiger partial charge in [0.1, 0.15) is 5.75 Å². The van der Waals surface area contributed by atoms with E-state index in [1.807, 2.05) is 0 Å². The van der Waals surface area contributed by atoms with Crippen LogP contribution in [-0.2, 0) is 9.53 Å². The molecule has 0 heterocycles. The highest BCUT2D eigenvalue weighted by atomic mass is 35.5. The van der Waals surface area contributed by atoms with Gasteiger partial charge in [-0.1, -0.05) is 11.6 Å². The van der Waals surface area contributed by atoms with E-state index in [1.165, 1.54) is 7.11 Å². The first-order valence-corrected chi connectivity index (χ1v) is 7.04. The molecule has 0 N–H and O–H groups in total. The summed E-state index contributed by atoms with van der Waals surface area (Å²) in [4.78, 5) is 23.6.